The van der Waals surface area contributed by atoms with Crippen molar-refractivity contribution in [3.63, 3.8) is 0 Å². The number of carbonyl (C=O) groups excluding carboxylic acids is 1. The summed E-state index contributed by atoms with van der Waals surface area (Å²) >= 11 is 0. The van der Waals surface area contributed by atoms with Crippen molar-refractivity contribution in [3.8, 4) is 6.07 Å². The molecule has 4 nitrogen and oxygen atoms in total. The summed E-state index contributed by atoms with van der Waals surface area (Å²) in [5.74, 6) is -0.480. The van der Waals surface area contributed by atoms with Gasteiger partial charge in [-0.25, -0.2) is 0 Å². The molecule has 0 aliphatic heterocycles. The zero-order valence-electron chi connectivity index (χ0n) is 15.7. The Morgan fingerprint density at radius 1 is 1.18 bits per heavy atom. The molecule has 0 fully saturated rings. The Balaban J connectivity index is 2.23. The minimum Gasteiger partial charge on any atom is -0.360 e. The van der Waals surface area contributed by atoms with E-state index in [2.05, 4.69) is 10.6 Å². The Bertz CT molecular complexity index is 941. The summed E-state index contributed by atoms with van der Waals surface area (Å²) in [7, 11) is 0. The van der Waals surface area contributed by atoms with Crippen molar-refractivity contribution in [2.45, 2.75) is 32.9 Å². The van der Waals surface area contributed by atoms with Gasteiger partial charge < -0.3 is 10.6 Å². The lowest BCUT2D eigenvalue weighted by atomic mass is 9.98. The predicted molar refractivity (Wildman–Crippen MR) is 103 cm³/mol. The third-order valence-electron chi connectivity index (χ3n) is 4.10. The molecule has 146 valence electrons. The van der Waals surface area contributed by atoms with E-state index < -0.39 is 17.6 Å². The van der Waals surface area contributed by atoms with Gasteiger partial charge in [-0.15, -0.1) is 0 Å². The molecule has 2 aromatic rings. The molecule has 0 radical (unpaired) electrons. The van der Waals surface area contributed by atoms with E-state index in [0.29, 0.717) is 5.69 Å². The standard InChI is InChI=1S/C21H20F3N3O/c1-13(2)18-9-4-6-14(3)19(18)27-20(28)15(11-25)12-26-17-8-5-7-16(10-17)21(22,23)24/h4-10,12-13,26H,1-3H3,(H,27,28)/b15-12-. The van der Waals surface area contributed by atoms with Gasteiger partial charge in [-0.1, -0.05) is 38.1 Å². The number of aryl methyl sites for hydroxylation is 1. The van der Waals surface area contributed by atoms with Gasteiger partial charge >= 0.3 is 6.18 Å². The minimum atomic E-state index is -4.48. The van der Waals surface area contributed by atoms with E-state index in [1.54, 1.807) is 6.07 Å². The van der Waals surface area contributed by atoms with Gasteiger partial charge in [0.15, 0.2) is 0 Å². The highest BCUT2D eigenvalue weighted by Gasteiger charge is 2.30. The molecular formula is C21H20F3N3O. The molecule has 1 amide bonds. The molecule has 2 N–H and O–H groups in total. The highest BCUT2D eigenvalue weighted by Crippen LogP contribution is 2.31. The van der Waals surface area contributed by atoms with Gasteiger partial charge in [0.05, 0.1) is 5.56 Å². The normalized spacial score (nSPS) is 11.9. The first-order valence-corrected chi connectivity index (χ1v) is 8.58. The quantitative estimate of drug-likeness (QED) is 0.519. The van der Waals surface area contributed by atoms with E-state index in [1.165, 1.54) is 12.1 Å². The van der Waals surface area contributed by atoms with E-state index in [9.17, 15) is 23.2 Å². The van der Waals surface area contributed by atoms with Crippen LogP contribution in [0, 0.1) is 18.3 Å². The molecular weight excluding hydrogens is 367 g/mol. The van der Waals surface area contributed by atoms with Crippen LogP contribution < -0.4 is 10.6 Å². The van der Waals surface area contributed by atoms with Crippen LogP contribution in [0.2, 0.25) is 0 Å². The van der Waals surface area contributed by atoms with E-state index in [4.69, 9.17) is 0 Å². The Hall–Kier alpha value is -3.27. The maximum absolute atomic E-state index is 12.8. The highest BCUT2D eigenvalue weighted by molar-refractivity contribution is 6.07. The van der Waals surface area contributed by atoms with Gasteiger partial charge in [0.2, 0.25) is 0 Å². The summed E-state index contributed by atoms with van der Waals surface area (Å²) in [6.07, 6.45) is -3.38. The number of nitriles is 1. The molecule has 2 aromatic carbocycles. The van der Waals surface area contributed by atoms with E-state index >= 15 is 0 Å². The minimum absolute atomic E-state index is 0.120. The molecule has 0 spiro atoms. The summed E-state index contributed by atoms with van der Waals surface area (Å²) in [5.41, 5.74) is 1.45. The number of rotatable bonds is 5. The van der Waals surface area contributed by atoms with E-state index in [1.807, 2.05) is 39.0 Å². The molecule has 0 aliphatic rings. The van der Waals surface area contributed by atoms with Gasteiger partial charge in [-0.2, -0.15) is 18.4 Å². The lowest BCUT2D eigenvalue weighted by Gasteiger charge is -2.16. The molecule has 0 saturated carbocycles. The van der Waals surface area contributed by atoms with Crippen molar-refractivity contribution in [1.29, 1.82) is 5.26 Å². The van der Waals surface area contributed by atoms with Crippen LogP contribution in [-0.2, 0) is 11.0 Å². The Morgan fingerprint density at radius 3 is 2.46 bits per heavy atom. The zero-order chi connectivity index (χ0) is 20.9. The SMILES string of the molecule is Cc1cccc(C(C)C)c1NC(=O)/C(C#N)=C\Nc1cccc(C(F)(F)F)c1. The molecule has 28 heavy (non-hydrogen) atoms. The molecule has 0 bridgehead atoms. The second-order valence-corrected chi connectivity index (χ2v) is 6.54. The Morgan fingerprint density at radius 2 is 1.86 bits per heavy atom. The molecule has 2 rings (SSSR count). The lowest BCUT2D eigenvalue weighted by molar-refractivity contribution is -0.137. The highest BCUT2D eigenvalue weighted by atomic mass is 19.4. The van der Waals surface area contributed by atoms with E-state index in [-0.39, 0.29) is 17.2 Å². The van der Waals surface area contributed by atoms with Crippen LogP contribution in [0.25, 0.3) is 0 Å². The van der Waals surface area contributed by atoms with Gasteiger partial charge in [0.25, 0.3) is 5.91 Å². The number of anilines is 2. The van der Waals surface area contributed by atoms with Crippen molar-refractivity contribution >= 4 is 17.3 Å². The van der Waals surface area contributed by atoms with Crippen molar-refractivity contribution in [2.75, 3.05) is 10.6 Å². The summed E-state index contributed by atoms with van der Waals surface area (Å²) in [5, 5.41) is 14.6. The average molecular weight is 387 g/mol. The van der Waals surface area contributed by atoms with Gasteiger partial charge in [-0.3, -0.25) is 4.79 Å². The number of hydrogen-bond acceptors (Lipinski definition) is 3. The summed E-state index contributed by atoms with van der Waals surface area (Å²) in [4.78, 5) is 12.5. The number of halogens is 3. The molecule has 0 heterocycles. The predicted octanol–water partition coefficient (Wildman–Crippen LogP) is 5.60. The number of nitrogens with zero attached hydrogens (tertiary/aromatic N) is 1. The van der Waals surface area contributed by atoms with Crippen molar-refractivity contribution < 1.29 is 18.0 Å². The van der Waals surface area contributed by atoms with Gasteiger partial charge in [0.1, 0.15) is 11.6 Å². The zero-order valence-corrected chi connectivity index (χ0v) is 15.7. The van der Waals surface area contributed by atoms with Crippen LogP contribution in [0.4, 0.5) is 24.5 Å². The smallest absolute Gasteiger partial charge is 0.360 e. The first-order chi connectivity index (χ1) is 13.1. The molecule has 0 unspecified atom stereocenters. The van der Waals surface area contributed by atoms with Crippen LogP contribution >= 0.6 is 0 Å². The second kappa shape index (κ2) is 8.61. The van der Waals surface area contributed by atoms with Crippen LogP contribution in [-0.4, -0.2) is 5.91 Å². The number of benzene rings is 2. The van der Waals surface area contributed by atoms with Crippen LogP contribution in [0.3, 0.4) is 0 Å². The molecule has 0 aliphatic carbocycles. The Labute approximate surface area is 161 Å². The molecule has 0 atom stereocenters. The monoisotopic (exact) mass is 387 g/mol. The van der Waals surface area contributed by atoms with Crippen LogP contribution in [0.5, 0.6) is 0 Å². The maximum atomic E-state index is 12.8. The fraction of sp³-hybridized carbons (Fsp3) is 0.238. The van der Waals surface area contributed by atoms with Gasteiger partial charge in [-0.05, 0) is 42.2 Å². The topological polar surface area (TPSA) is 64.9 Å². The van der Waals surface area contributed by atoms with Crippen LogP contribution in [0.1, 0.15) is 36.5 Å². The number of alkyl halides is 3. The third kappa shape index (κ3) is 5.13. The summed E-state index contributed by atoms with van der Waals surface area (Å²) < 4.78 is 38.4. The van der Waals surface area contributed by atoms with E-state index in [0.717, 1.165) is 29.5 Å². The number of para-hydroxylation sites is 1. The summed E-state index contributed by atoms with van der Waals surface area (Å²) in [6.45, 7) is 5.82. The van der Waals surface area contributed by atoms with Gasteiger partial charge in [0, 0.05) is 17.6 Å². The fourth-order valence-electron chi connectivity index (χ4n) is 2.61. The second-order valence-electron chi connectivity index (χ2n) is 6.54. The maximum Gasteiger partial charge on any atom is 0.416 e. The number of hydrogen-bond donors (Lipinski definition) is 2. The lowest BCUT2D eigenvalue weighted by Crippen LogP contribution is -2.17. The summed E-state index contributed by atoms with van der Waals surface area (Å²) in [6, 6.07) is 11.9. The largest absolute Gasteiger partial charge is 0.416 e. The number of carbonyl (C=O) groups is 1. The third-order valence-corrected chi connectivity index (χ3v) is 4.10. The molecule has 0 saturated heterocycles. The Kier molecular flexibility index (Phi) is 6.47. The number of amides is 1. The fourth-order valence-corrected chi connectivity index (χ4v) is 2.61. The molecule has 7 heteroatoms. The molecule has 0 aromatic heterocycles. The van der Waals surface area contributed by atoms with Crippen molar-refractivity contribution in [3.05, 3.63) is 70.9 Å². The first-order valence-electron chi connectivity index (χ1n) is 8.58. The number of nitrogens with one attached hydrogen (secondary N) is 2. The van der Waals surface area contributed by atoms with Crippen LogP contribution in [0.15, 0.2) is 54.2 Å². The average Bonchev–Trinajstić information content (AvgIpc) is 2.63. The first kappa shape index (κ1) is 21.0. The van der Waals surface area contributed by atoms with Crippen molar-refractivity contribution in [2.24, 2.45) is 0 Å². The van der Waals surface area contributed by atoms with Crippen molar-refractivity contribution in [1.82, 2.24) is 0 Å².